The zero-order chi connectivity index (χ0) is 18.2. The highest BCUT2D eigenvalue weighted by atomic mass is 16.1. The van der Waals surface area contributed by atoms with Gasteiger partial charge >= 0.3 is 0 Å². The molecule has 4 nitrogen and oxygen atoms in total. The second-order valence-electron chi connectivity index (χ2n) is 5.71. The van der Waals surface area contributed by atoms with Crippen LogP contribution in [0.4, 0.5) is 5.82 Å². The van der Waals surface area contributed by atoms with E-state index in [1.165, 1.54) is 6.92 Å². The molecule has 1 heterocycles. The third-order valence-electron chi connectivity index (χ3n) is 3.54. The molecular weight excluding hydrogens is 322 g/mol. The maximum Gasteiger partial charge on any atom is 0.222 e. The largest absolute Gasteiger partial charge is 0.311 e. The molecule has 3 rings (SSSR count). The average Bonchev–Trinajstić information content (AvgIpc) is 2.66. The van der Waals surface area contributed by atoms with Crippen molar-refractivity contribution in [3.8, 4) is 0 Å². The van der Waals surface area contributed by atoms with E-state index < -0.39 is 0 Å². The van der Waals surface area contributed by atoms with Crippen LogP contribution in [-0.4, -0.2) is 15.9 Å². The van der Waals surface area contributed by atoms with Crippen LogP contribution in [0.3, 0.4) is 0 Å². The van der Waals surface area contributed by atoms with Crippen LogP contribution in [0.1, 0.15) is 29.6 Å². The molecule has 0 radical (unpaired) electrons. The number of amides is 1. The predicted molar refractivity (Wildman–Crippen MR) is 107 cm³/mol. The van der Waals surface area contributed by atoms with Gasteiger partial charge < -0.3 is 5.32 Å². The number of carbonyl (C=O) groups is 1. The van der Waals surface area contributed by atoms with Gasteiger partial charge in [0.2, 0.25) is 5.91 Å². The van der Waals surface area contributed by atoms with E-state index in [0.717, 1.165) is 16.8 Å². The first-order valence-electron chi connectivity index (χ1n) is 8.32. The Kier molecular flexibility index (Phi) is 5.68. The summed E-state index contributed by atoms with van der Waals surface area (Å²) < 4.78 is 0. The molecule has 0 aliphatic carbocycles. The lowest BCUT2D eigenvalue weighted by Crippen LogP contribution is -2.09. The Bertz CT molecular complexity index is 864. The van der Waals surface area contributed by atoms with Crippen molar-refractivity contribution in [2.75, 3.05) is 5.32 Å². The zero-order valence-corrected chi connectivity index (χ0v) is 14.5. The molecule has 0 spiro atoms. The Morgan fingerprint density at radius 1 is 0.808 bits per heavy atom. The van der Waals surface area contributed by atoms with Crippen LogP contribution in [0, 0.1) is 0 Å². The average molecular weight is 341 g/mol. The monoisotopic (exact) mass is 341 g/mol. The van der Waals surface area contributed by atoms with E-state index in [9.17, 15) is 4.79 Å². The number of aromatic nitrogens is 2. The quantitative estimate of drug-likeness (QED) is 0.727. The Balaban J connectivity index is 1.89. The maximum absolute atomic E-state index is 11.4. The van der Waals surface area contributed by atoms with Gasteiger partial charge in [-0.1, -0.05) is 72.8 Å². The number of nitrogens with one attached hydrogen (secondary N) is 1. The summed E-state index contributed by atoms with van der Waals surface area (Å²) in [6.07, 6.45) is 7.66. The van der Waals surface area contributed by atoms with Gasteiger partial charge in [-0.2, -0.15) is 0 Å². The summed E-state index contributed by atoms with van der Waals surface area (Å²) in [6.45, 7) is 1.46. The fraction of sp³-hybridized carbons (Fsp3) is 0.0455. The SMILES string of the molecule is CC(=O)Nc1cc(/C=C/c2ccccc2)nc(/C=C/c2ccccc2)n1. The van der Waals surface area contributed by atoms with Crippen LogP contribution in [-0.2, 0) is 4.79 Å². The number of hydrogen-bond acceptors (Lipinski definition) is 3. The van der Waals surface area contributed by atoms with E-state index in [0.29, 0.717) is 11.6 Å². The zero-order valence-electron chi connectivity index (χ0n) is 14.5. The fourth-order valence-electron chi connectivity index (χ4n) is 2.37. The van der Waals surface area contributed by atoms with E-state index >= 15 is 0 Å². The van der Waals surface area contributed by atoms with Crippen LogP contribution in [0.5, 0.6) is 0 Å². The molecule has 0 fully saturated rings. The predicted octanol–water partition coefficient (Wildman–Crippen LogP) is 4.78. The second kappa shape index (κ2) is 8.53. The first-order chi connectivity index (χ1) is 12.7. The number of benzene rings is 2. The Labute approximate surface area is 153 Å². The summed E-state index contributed by atoms with van der Waals surface area (Å²) in [4.78, 5) is 20.3. The summed E-state index contributed by atoms with van der Waals surface area (Å²) in [7, 11) is 0. The second-order valence-corrected chi connectivity index (χ2v) is 5.71. The first-order valence-corrected chi connectivity index (χ1v) is 8.32. The van der Waals surface area contributed by atoms with Gasteiger partial charge in [-0.25, -0.2) is 9.97 Å². The van der Waals surface area contributed by atoms with Gasteiger partial charge in [-0.05, 0) is 23.3 Å². The molecule has 128 valence electrons. The molecule has 0 unspecified atom stereocenters. The van der Waals surface area contributed by atoms with Crippen molar-refractivity contribution in [2.45, 2.75) is 6.92 Å². The highest BCUT2D eigenvalue weighted by Gasteiger charge is 2.03. The minimum absolute atomic E-state index is 0.167. The maximum atomic E-state index is 11.4. The lowest BCUT2D eigenvalue weighted by Gasteiger charge is -2.04. The van der Waals surface area contributed by atoms with Crippen molar-refractivity contribution in [2.24, 2.45) is 0 Å². The summed E-state index contributed by atoms with van der Waals surface area (Å²) in [5.74, 6) is 0.848. The van der Waals surface area contributed by atoms with Gasteiger partial charge in [0.25, 0.3) is 0 Å². The molecular formula is C22H19N3O. The Morgan fingerprint density at radius 3 is 1.96 bits per heavy atom. The number of anilines is 1. The van der Waals surface area contributed by atoms with Crippen molar-refractivity contribution >= 4 is 36.0 Å². The number of hydrogen-bond donors (Lipinski definition) is 1. The van der Waals surface area contributed by atoms with Gasteiger partial charge in [0.1, 0.15) is 5.82 Å². The topological polar surface area (TPSA) is 54.9 Å². The molecule has 2 aromatic carbocycles. The molecule has 0 aliphatic rings. The van der Waals surface area contributed by atoms with Crippen molar-refractivity contribution < 1.29 is 4.79 Å². The lowest BCUT2D eigenvalue weighted by molar-refractivity contribution is -0.114. The Morgan fingerprint density at radius 2 is 1.38 bits per heavy atom. The van der Waals surface area contributed by atoms with Crippen LogP contribution >= 0.6 is 0 Å². The van der Waals surface area contributed by atoms with E-state index in [2.05, 4.69) is 15.3 Å². The van der Waals surface area contributed by atoms with E-state index in [4.69, 9.17) is 0 Å². The summed E-state index contributed by atoms with van der Waals surface area (Å²) in [5, 5.41) is 2.72. The van der Waals surface area contributed by atoms with Crippen molar-refractivity contribution in [3.63, 3.8) is 0 Å². The Hall–Kier alpha value is -3.53. The van der Waals surface area contributed by atoms with E-state index in [1.807, 2.05) is 85.0 Å². The van der Waals surface area contributed by atoms with Gasteiger partial charge in [0, 0.05) is 13.0 Å². The molecule has 1 aromatic heterocycles. The highest BCUT2D eigenvalue weighted by molar-refractivity contribution is 5.88. The van der Waals surface area contributed by atoms with Gasteiger partial charge in [-0.3, -0.25) is 4.79 Å². The van der Waals surface area contributed by atoms with Crippen LogP contribution < -0.4 is 5.32 Å². The van der Waals surface area contributed by atoms with Gasteiger partial charge in [0.15, 0.2) is 5.82 Å². The molecule has 0 saturated carbocycles. The molecule has 0 bridgehead atoms. The summed E-state index contributed by atoms with van der Waals surface area (Å²) in [6, 6.07) is 21.7. The minimum atomic E-state index is -0.167. The smallest absolute Gasteiger partial charge is 0.222 e. The molecule has 4 heteroatoms. The summed E-state index contributed by atoms with van der Waals surface area (Å²) in [5.41, 5.74) is 2.86. The highest BCUT2D eigenvalue weighted by Crippen LogP contribution is 2.13. The van der Waals surface area contributed by atoms with Gasteiger partial charge in [-0.15, -0.1) is 0 Å². The normalized spacial score (nSPS) is 11.1. The molecule has 26 heavy (non-hydrogen) atoms. The van der Waals surface area contributed by atoms with Crippen LogP contribution in [0.15, 0.2) is 66.7 Å². The lowest BCUT2D eigenvalue weighted by atomic mass is 10.2. The molecule has 3 aromatic rings. The standard InChI is InChI=1S/C22H19N3O/c1-17(26)23-22-16-20(14-12-18-8-4-2-5-9-18)24-21(25-22)15-13-19-10-6-3-7-11-19/h2-16H,1H3,(H,23,24,25,26)/b14-12+,15-13+. The molecule has 1 amide bonds. The third kappa shape index (κ3) is 5.24. The number of nitrogens with zero attached hydrogens (tertiary/aromatic N) is 2. The minimum Gasteiger partial charge on any atom is -0.311 e. The summed E-state index contributed by atoms with van der Waals surface area (Å²) >= 11 is 0. The molecule has 0 aliphatic heterocycles. The molecule has 0 saturated heterocycles. The van der Waals surface area contributed by atoms with E-state index in [1.54, 1.807) is 6.07 Å². The van der Waals surface area contributed by atoms with Crippen molar-refractivity contribution in [3.05, 3.63) is 89.4 Å². The van der Waals surface area contributed by atoms with Crippen LogP contribution in [0.25, 0.3) is 24.3 Å². The third-order valence-corrected chi connectivity index (χ3v) is 3.54. The molecule has 1 N–H and O–H groups in total. The van der Waals surface area contributed by atoms with Gasteiger partial charge in [0.05, 0.1) is 5.69 Å². The van der Waals surface area contributed by atoms with Crippen LogP contribution in [0.2, 0.25) is 0 Å². The number of rotatable bonds is 5. The number of carbonyl (C=O) groups excluding carboxylic acids is 1. The fourth-order valence-corrected chi connectivity index (χ4v) is 2.37. The van der Waals surface area contributed by atoms with Crippen molar-refractivity contribution in [1.29, 1.82) is 0 Å². The van der Waals surface area contributed by atoms with E-state index in [-0.39, 0.29) is 5.91 Å². The first kappa shape index (κ1) is 17.3. The van der Waals surface area contributed by atoms with Crippen molar-refractivity contribution in [1.82, 2.24) is 9.97 Å². The molecule has 0 atom stereocenters.